The fourth-order valence-corrected chi connectivity index (χ4v) is 3.88. The van der Waals surface area contributed by atoms with Gasteiger partial charge in [-0.15, -0.1) is 12.4 Å². The van der Waals surface area contributed by atoms with E-state index in [2.05, 4.69) is 22.4 Å². The maximum Gasteiger partial charge on any atom is 0.323 e. The number of para-hydroxylation sites is 1. The molecule has 1 aromatic heterocycles. The highest BCUT2D eigenvalue weighted by molar-refractivity contribution is 5.87. The Hall–Kier alpha value is -2.70. The third-order valence-corrected chi connectivity index (χ3v) is 5.13. The molecule has 2 N–H and O–H groups in total. The monoisotopic (exact) mass is 386 g/mol. The lowest BCUT2D eigenvalue weighted by Crippen LogP contribution is -2.45. The zero-order chi connectivity index (χ0) is 17.7. The van der Waals surface area contributed by atoms with Crippen LogP contribution in [-0.4, -0.2) is 30.9 Å². The van der Waals surface area contributed by atoms with Gasteiger partial charge in [-0.05, 0) is 29.3 Å². The molecule has 0 spiro atoms. The van der Waals surface area contributed by atoms with Crippen molar-refractivity contribution in [2.45, 2.75) is 18.5 Å². The van der Waals surface area contributed by atoms with Crippen LogP contribution in [0.3, 0.4) is 0 Å². The van der Waals surface area contributed by atoms with E-state index in [0.717, 1.165) is 39.2 Å². The second-order valence-electron chi connectivity index (χ2n) is 6.56. The van der Waals surface area contributed by atoms with E-state index in [1.807, 2.05) is 30.3 Å². The Balaban J connectivity index is 0.00000180. The van der Waals surface area contributed by atoms with Gasteiger partial charge in [-0.1, -0.05) is 24.3 Å². The van der Waals surface area contributed by atoms with Crippen molar-refractivity contribution in [1.29, 1.82) is 0 Å². The predicted octanol–water partition coefficient (Wildman–Crippen LogP) is 3.10. The summed E-state index contributed by atoms with van der Waals surface area (Å²) in [7, 11) is 1.42. The standard InChI is InChI=1S/C20H18N2O4.ClH/c1-24-20(23)15-9-13-12-4-2-3-5-14(12)21-19(13)18(22-15)11-6-7-16-17(8-11)26-10-25-16;/h2-8,15,18,21-22H,9-10H2,1H3;1H/t15-,18-;/m1./s1. The van der Waals surface area contributed by atoms with Gasteiger partial charge in [-0.3, -0.25) is 10.1 Å². The van der Waals surface area contributed by atoms with Gasteiger partial charge in [-0.2, -0.15) is 0 Å². The van der Waals surface area contributed by atoms with Crippen LogP contribution in [-0.2, 0) is 16.0 Å². The van der Waals surface area contributed by atoms with Crippen molar-refractivity contribution >= 4 is 29.3 Å². The summed E-state index contributed by atoms with van der Waals surface area (Å²) in [5.74, 6) is 1.21. The molecule has 2 aromatic carbocycles. The Morgan fingerprint density at radius 1 is 1.15 bits per heavy atom. The number of nitrogens with one attached hydrogen (secondary N) is 2. The molecule has 3 aromatic rings. The van der Waals surface area contributed by atoms with Crippen LogP contribution < -0.4 is 14.8 Å². The summed E-state index contributed by atoms with van der Waals surface area (Å²) in [6, 6.07) is 13.5. The van der Waals surface area contributed by atoms with Crippen LogP contribution in [0.4, 0.5) is 0 Å². The molecule has 7 heteroatoms. The molecular weight excluding hydrogens is 368 g/mol. The normalized spacial score (nSPS) is 20.0. The van der Waals surface area contributed by atoms with E-state index in [-0.39, 0.29) is 31.2 Å². The summed E-state index contributed by atoms with van der Waals surface area (Å²) in [5.41, 5.74) is 4.30. The van der Waals surface area contributed by atoms with Crippen molar-refractivity contribution in [2.24, 2.45) is 0 Å². The molecule has 2 atom stereocenters. The third kappa shape index (κ3) is 2.81. The van der Waals surface area contributed by atoms with Crippen molar-refractivity contribution in [3.63, 3.8) is 0 Å². The number of carbonyl (C=O) groups excluding carboxylic acids is 1. The number of aromatic amines is 1. The van der Waals surface area contributed by atoms with Crippen LogP contribution in [0.15, 0.2) is 42.5 Å². The fourth-order valence-electron chi connectivity index (χ4n) is 3.88. The van der Waals surface area contributed by atoms with Crippen LogP contribution in [0, 0.1) is 0 Å². The molecule has 0 radical (unpaired) electrons. The third-order valence-electron chi connectivity index (χ3n) is 5.13. The summed E-state index contributed by atoms with van der Waals surface area (Å²) in [4.78, 5) is 15.8. The smallest absolute Gasteiger partial charge is 0.323 e. The number of aromatic nitrogens is 1. The van der Waals surface area contributed by atoms with E-state index in [0.29, 0.717) is 6.42 Å². The average Bonchev–Trinajstić information content (AvgIpc) is 3.30. The Morgan fingerprint density at radius 2 is 1.96 bits per heavy atom. The van der Waals surface area contributed by atoms with Gasteiger partial charge in [0.25, 0.3) is 0 Å². The maximum atomic E-state index is 12.3. The minimum absolute atomic E-state index is 0. The van der Waals surface area contributed by atoms with Gasteiger partial charge in [0.1, 0.15) is 6.04 Å². The lowest BCUT2D eigenvalue weighted by atomic mass is 9.90. The molecule has 0 bridgehead atoms. The molecule has 140 valence electrons. The molecule has 0 unspecified atom stereocenters. The van der Waals surface area contributed by atoms with E-state index in [4.69, 9.17) is 14.2 Å². The van der Waals surface area contributed by atoms with Gasteiger partial charge in [0, 0.05) is 23.0 Å². The van der Waals surface area contributed by atoms with Crippen molar-refractivity contribution in [3.8, 4) is 11.5 Å². The van der Waals surface area contributed by atoms with E-state index in [9.17, 15) is 4.79 Å². The molecule has 0 aliphatic carbocycles. The highest BCUT2D eigenvalue weighted by atomic mass is 35.5. The van der Waals surface area contributed by atoms with Crippen LogP contribution in [0.2, 0.25) is 0 Å². The Bertz CT molecular complexity index is 1020. The first-order valence-electron chi connectivity index (χ1n) is 8.57. The predicted molar refractivity (Wildman–Crippen MR) is 103 cm³/mol. The molecule has 0 saturated heterocycles. The summed E-state index contributed by atoms with van der Waals surface area (Å²) < 4.78 is 15.9. The second-order valence-corrected chi connectivity index (χ2v) is 6.56. The van der Waals surface area contributed by atoms with Gasteiger partial charge in [-0.25, -0.2) is 0 Å². The van der Waals surface area contributed by atoms with Crippen LogP contribution in [0.25, 0.3) is 10.9 Å². The van der Waals surface area contributed by atoms with Crippen molar-refractivity contribution < 1.29 is 19.0 Å². The fraction of sp³-hybridized carbons (Fsp3) is 0.250. The van der Waals surface area contributed by atoms with Gasteiger partial charge < -0.3 is 19.2 Å². The lowest BCUT2D eigenvalue weighted by Gasteiger charge is -2.30. The second kappa shape index (κ2) is 6.79. The first kappa shape index (κ1) is 17.7. The number of H-pyrrole nitrogens is 1. The number of methoxy groups -OCH3 is 1. The minimum Gasteiger partial charge on any atom is -0.468 e. The summed E-state index contributed by atoms with van der Waals surface area (Å²) in [5, 5.41) is 4.57. The maximum absolute atomic E-state index is 12.3. The van der Waals surface area contributed by atoms with E-state index in [1.165, 1.54) is 7.11 Å². The summed E-state index contributed by atoms with van der Waals surface area (Å²) >= 11 is 0. The van der Waals surface area contributed by atoms with E-state index < -0.39 is 6.04 Å². The molecule has 0 amide bonds. The number of esters is 1. The van der Waals surface area contributed by atoms with Crippen molar-refractivity contribution in [1.82, 2.24) is 10.3 Å². The highest BCUT2D eigenvalue weighted by Gasteiger charge is 2.35. The van der Waals surface area contributed by atoms with Gasteiger partial charge in [0.2, 0.25) is 6.79 Å². The minimum atomic E-state index is -0.401. The Labute approximate surface area is 162 Å². The molecule has 2 aliphatic heterocycles. The number of fused-ring (bicyclic) bond motifs is 4. The largest absolute Gasteiger partial charge is 0.468 e. The van der Waals surface area contributed by atoms with Gasteiger partial charge in [0.05, 0.1) is 13.2 Å². The van der Waals surface area contributed by atoms with Crippen molar-refractivity contribution in [3.05, 3.63) is 59.3 Å². The van der Waals surface area contributed by atoms with Crippen LogP contribution >= 0.6 is 12.4 Å². The highest BCUT2D eigenvalue weighted by Crippen LogP contribution is 2.39. The number of hydrogen-bond donors (Lipinski definition) is 2. The van der Waals surface area contributed by atoms with E-state index >= 15 is 0 Å². The first-order valence-corrected chi connectivity index (χ1v) is 8.57. The lowest BCUT2D eigenvalue weighted by molar-refractivity contribution is -0.143. The Morgan fingerprint density at radius 3 is 2.81 bits per heavy atom. The molecule has 27 heavy (non-hydrogen) atoms. The zero-order valence-electron chi connectivity index (χ0n) is 14.7. The van der Waals surface area contributed by atoms with E-state index in [1.54, 1.807) is 0 Å². The summed E-state index contributed by atoms with van der Waals surface area (Å²) in [6.45, 7) is 0.235. The Kier molecular flexibility index (Phi) is 4.45. The first-order chi connectivity index (χ1) is 12.7. The van der Waals surface area contributed by atoms with Gasteiger partial charge >= 0.3 is 5.97 Å². The molecule has 2 aliphatic rings. The number of halogens is 1. The quantitative estimate of drug-likeness (QED) is 0.662. The van der Waals surface area contributed by atoms with Crippen LogP contribution in [0.1, 0.15) is 22.9 Å². The SMILES string of the molecule is COC(=O)[C@H]1Cc2c([nH]c3ccccc23)[C@@H](c2ccc3c(c2)OCO3)N1.Cl. The number of rotatable bonds is 2. The molecule has 0 fully saturated rings. The molecule has 0 saturated carbocycles. The molecule has 6 nitrogen and oxygen atoms in total. The van der Waals surface area contributed by atoms with Gasteiger partial charge in [0.15, 0.2) is 11.5 Å². The van der Waals surface area contributed by atoms with Crippen molar-refractivity contribution in [2.75, 3.05) is 13.9 Å². The number of benzene rings is 2. The molecule has 5 rings (SSSR count). The number of ether oxygens (including phenoxy) is 3. The molecular formula is C20H19ClN2O4. The zero-order valence-corrected chi connectivity index (χ0v) is 15.5. The number of carbonyl (C=O) groups is 1. The average molecular weight is 387 g/mol. The topological polar surface area (TPSA) is 72.6 Å². The molecule has 3 heterocycles. The number of hydrogen-bond acceptors (Lipinski definition) is 5. The summed E-state index contributed by atoms with van der Waals surface area (Å²) in [6.07, 6.45) is 0.590. The van der Waals surface area contributed by atoms with Crippen LogP contribution in [0.5, 0.6) is 11.5 Å².